The first kappa shape index (κ1) is 32.7. The lowest BCUT2D eigenvalue weighted by molar-refractivity contribution is 0.673. The maximum absolute atomic E-state index is 6.60. The Hall–Kier alpha value is -7.69. The third kappa shape index (κ3) is 5.92. The van der Waals surface area contributed by atoms with Gasteiger partial charge in [0.15, 0.2) is 17.5 Å². The van der Waals surface area contributed by atoms with E-state index in [1.165, 1.54) is 32.8 Å². The lowest BCUT2D eigenvalue weighted by Gasteiger charge is -2.10. The minimum absolute atomic E-state index is 0.627. The summed E-state index contributed by atoms with van der Waals surface area (Å²) in [5.41, 5.74) is 11.5. The average molecular weight is 728 g/mol. The van der Waals surface area contributed by atoms with Gasteiger partial charge in [-0.15, -0.1) is 0 Å². The monoisotopic (exact) mass is 727 g/mol. The Morgan fingerprint density at radius 3 is 1.42 bits per heavy atom. The summed E-state index contributed by atoms with van der Waals surface area (Å²) in [5.74, 6) is 1.90. The Bertz CT molecular complexity index is 3260. The van der Waals surface area contributed by atoms with Crippen molar-refractivity contribution in [1.29, 1.82) is 0 Å². The maximum atomic E-state index is 6.60. The van der Waals surface area contributed by atoms with Crippen molar-refractivity contribution >= 4 is 43.5 Å². The SMILES string of the molecule is c1ccc(-c2ccc(-c3nc(-c4ccccc4)nc(-c4ccc(-c5ccc6oc7c8ccccc8c(-c8ccc9ccccc9c8)cc7c6c5)cc4)n3)cc2)cc1. The van der Waals surface area contributed by atoms with E-state index in [4.69, 9.17) is 19.4 Å². The third-order valence-corrected chi connectivity index (χ3v) is 10.9. The van der Waals surface area contributed by atoms with Gasteiger partial charge in [-0.25, -0.2) is 15.0 Å². The Morgan fingerprint density at radius 1 is 0.281 bits per heavy atom. The zero-order chi connectivity index (χ0) is 37.7. The van der Waals surface area contributed by atoms with E-state index in [0.717, 1.165) is 60.7 Å². The van der Waals surface area contributed by atoms with Gasteiger partial charge in [0.05, 0.1) is 0 Å². The Kier molecular flexibility index (Phi) is 7.78. The number of nitrogens with zero attached hydrogens (tertiary/aromatic N) is 3. The molecule has 0 amide bonds. The zero-order valence-electron chi connectivity index (χ0n) is 30.8. The highest BCUT2D eigenvalue weighted by atomic mass is 16.3. The summed E-state index contributed by atoms with van der Waals surface area (Å²) in [4.78, 5) is 14.9. The molecule has 11 aromatic rings. The van der Waals surface area contributed by atoms with E-state index in [9.17, 15) is 0 Å². The van der Waals surface area contributed by atoms with E-state index >= 15 is 0 Å². The molecule has 0 saturated carbocycles. The third-order valence-electron chi connectivity index (χ3n) is 10.9. The predicted octanol–water partition coefficient (Wildman–Crippen LogP) is 14.1. The second kappa shape index (κ2) is 13.6. The Labute approximate surface area is 329 Å². The van der Waals surface area contributed by atoms with E-state index in [1.807, 2.05) is 36.4 Å². The molecule has 2 heterocycles. The number of furan rings is 1. The molecule has 0 radical (unpaired) electrons. The van der Waals surface area contributed by atoms with Crippen LogP contribution in [0.15, 0.2) is 205 Å². The van der Waals surface area contributed by atoms with Crippen LogP contribution in [-0.4, -0.2) is 15.0 Å². The second-order valence-electron chi connectivity index (χ2n) is 14.4. The van der Waals surface area contributed by atoms with Gasteiger partial charge >= 0.3 is 0 Å². The molecule has 0 bridgehead atoms. The molecule has 4 heteroatoms. The quantitative estimate of drug-likeness (QED) is 0.171. The fraction of sp³-hybridized carbons (Fsp3) is 0. The largest absolute Gasteiger partial charge is 0.455 e. The van der Waals surface area contributed by atoms with Gasteiger partial charge in [-0.3, -0.25) is 0 Å². The number of hydrogen-bond acceptors (Lipinski definition) is 4. The fourth-order valence-electron chi connectivity index (χ4n) is 7.98. The molecule has 0 aliphatic heterocycles. The van der Waals surface area contributed by atoms with Crippen LogP contribution in [0.4, 0.5) is 0 Å². The van der Waals surface area contributed by atoms with Gasteiger partial charge in [-0.2, -0.15) is 0 Å². The lowest BCUT2D eigenvalue weighted by atomic mass is 9.93. The molecule has 0 fully saturated rings. The van der Waals surface area contributed by atoms with Crippen molar-refractivity contribution in [2.75, 3.05) is 0 Å². The second-order valence-corrected chi connectivity index (χ2v) is 14.4. The van der Waals surface area contributed by atoms with Crippen LogP contribution in [-0.2, 0) is 0 Å². The van der Waals surface area contributed by atoms with Crippen molar-refractivity contribution in [3.05, 3.63) is 200 Å². The molecule has 57 heavy (non-hydrogen) atoms. The highest BCUT2D eigenvalue weighted by Crippen LogP contribution is 2.41. The fourth-order valence-corrected chi connectivity index (χ4v) is 7.98. The summed E-state index contributed by atoms with van der Waals surface area (Å²) in [7, 11) is 0. The number of benzene rings is 9. The molecule has 0 unspecified atom stereocenters. The molecule has 0 aliphatic carbocycles. The van der Waals surface area contributed by atoms with E-state index < -0.39 is 0 Å². The molecular weight excluding hydrogens is 695 g/mol. The first-order valence-electron chi connectivity index (χ1n) is 19.2. The van der Waals surface area contributed by atoms with Crippen LogP contribution in [0.3, 0.4) is 0 Å². The van der Waals surface area contributed by atoms with Crippen molar-refractivity contribution in [2.24, 2.45) is 0 Å². The molecule has 0 atom stereocenters. The van der Waals surface area contributed by atoms with Crippen LogP contribution < -0.4 is 0 Å². The predicted molar refractivity (Wildman–Crippen MR) is 235 cm³/mol. The van der Waals surface area contributed by atoms with Gasteiger partial charge in [0.25, 0.3) is 0 Å². The molecule has 0 saturated heterocycles. The summed E-state index contributed by atoms with van der Waals surface area (Å²) >= 11 is 0. The normalized spacial score (nSPS) is 11.5. The van der Waals surface area contributed by atoms with Gasteiger partial charge in [-0.05, 0) is 73.8 Å². The highest BCUT2D eigenvalue weighted by Gasteiger charge is 2.17. The van der Waals surface area contributed by atoms with Gasteiger partial charge in [0.1, 0.15) is 11.2 Å². The average Bonchev–Trinajstić information content (AvgIpc) is 3.67. The summed E-state index contributed by atoms with van der Waals surface area (Å²) in [6, 6.07) is 70.0. The first-order valence-corrected chi connectivity index (χ1v) is 19.2. The minimum atomic E-state index is 0.627. The summed E-state index contributed by atoms with van der Waals surface area (Å²) < 4.78 is 6.60. The van der Waals surface area contributed by atoms with Gasteiger partial charge in [0, 0.05) is 32.8 Å². The van der Waals surface area contributed by atoms with Crippen molar-refractivity contribution in [2.45, 2.75) is 0 Å². The van der Waals surface area contributed by atoms with Crippen LogP contribution >= 0.6 is 0 Å². The number of fused-ring (bicyclic) bond motifs is 6. The van der Waals surface area contributed by atoms with Crippen LogP contribution in [0.2, 0.25) is 0 Å². The van der Waals surface area contributed by atoms with Crippen LogP contribution in [0.1, 0.15) is 0 Å². The molecule has 0 aliphatic rings. The number of rotatable bonds is 6. The van der Waals surface area contributed by atoms with Crippen LogP contribution in [0.5, 0.6) is 0 Å². The number of hydrogen-bond donors (Lipinski definition) is 0. The van der Waals surface area contributed by atoms with Crippen molar-refractivity contribution in [3.63, 3.8) is 0 Å². The van der Waals surface area contributed by atoms with Crippen molar-refractivity contribution < 1.29 is 4.42 Å². The molecule has 266 valence electrons. The Morgan fingerprint density at radius 2 is 0.754 bits per heavy atom. The summed E-state index contributed by atoms with van der Waals surface area (Å²) in [6.07, 6.45) is 0. The van der Waals surface area contributed by atoms with Gasteiger partial charge in [0.2, 0.25) is 0 Å². The molecule has 11 rings (SSSR count). The zero-order valence-corrected chi connectivity index (χ0v) is 30.8. The smallest absolute Gasteiger partial charge is 0.164 e. The van der Waals surface area contributed by atoms with Crippen molar-refractivity contribution in [1.82, 2.24) is 15.0 Å². The van der Waals surface area contributed by atoms with Gasteiger partial charge in [-0.1, -0.05) is 176 Å². The molecule has 0 spiro atoms. The van der Waals surface area contributed by atoms with E-state index in [1.54, 1.807) is 0 Å². The topological polar surface area (TPSA) is 51.8 Å². The van der Waals surface area contributed by atoms with E-state index in [2.05, 4.69) is 164 Å². The molecule has 4 nitrogen and oxygen atoms in total. The van der Waals surface area contributed by atoms with E-state index in [-0.39, 0.29) is 0 Å². The summed E-state index contributed by atoms with van der Waals surface area (Å²) in [6.45, 7) is 0. The lowest BCUT2D eigenvalue weighted by Crippen LogP contribution is -2.00. The molecular formula is C53H33N3O. The first-order chi connectivity index (χ1) is 28.2. The molecule has 2 aromatic heterocycles. The summed E-state index contributed by atoms with van der Waals surface area (Å²) in [5, 5.41) is 6.94. The van der Waals surface area contributed by atoms with Crippen molar-refractivity contribution in [3.8, 4) is 67.5 Å². The van der Waals surface area contributed by atoms with E-state index in [0.29, 0.717) is 17.5 Å². The maximum Gasteiger partial charge on any atom is 0.164 e. The van der Waals surface area contributed by atoms with Gasteiger partial charge < -0.3 is 4.42 Å². The number of aromatic nitrogens is 3. The molecule has 0 N–H and O–H groups in total. The molecule has 9 aromatic carbocycles. The van der Waals surface area contributed by atoms with Crippen LogP contribution in [0.25, 0.3) is 111 Å². The Balaban J connectivity index is 0.981. The highest BCUT2D eigenvalue weighted by molar-refractivity contribution is 6.19. The minimum Gasteiger partial charge on any atom is -0.455 e. The van der Waals surface area contributed by atoms with Crippen LogP contribution in [0, 0.1) is 0 Å². The standard InChI is InChI=1S/C53H33N3O/c1-3-11-34(12-4-1)36-19-24-39(25-20-36)52-54-51(38-14-5-2-6-15-38)55-53(56-52)40-26-21-37(22-27-40)42-29-30-49-47(32-42)48-33-46(44-17-9-10-18-45(44)50(48)57-49)43-28-23-35-13-7-8-16-41(35)31-43/h1-33H.